The first kappa shape index (κ1) is 22.5. The van der Waals surface area contributed by atoms with E-state index in [0.717, 1.165) is 30.4 Å². The fourth-order valence-electron chi connectivity index (χ4n) is 4.41. The van der Waals surface area contributed by atoms with Gasteiger partial charge in [0.2, 0.25) is 0 Å². The van der Waals surface area contributed by atoms with Crippen molar-refractivity contribution in [1.29, 1.82) is 0 Å². The van der Waals surface area contributed by atoms with E-state index in [0.29, 0.717) is 12.2 Å². The zero-order valence-corrected chi connectivity index (χ0v) is 18.8. The van der Waals surface area contributed by atoms with E-state index >= 15 is 0 Å². The Labute approximate surface area is 182 Å². The third kappa shape index (κ3) is 6.93. The van der Waals surface area contributed by atoms with Crippen LogP contribution in [0.3, 0.4) is 0 Å². The van der Waals surface area contributed by atoms with Gasteiger partial charge in [0.05, 0.1) is 6.04 Å². The number of benzene rings is 2. The zero-order chi connectivity index (χ0) is 21.2. The van der Waals surface area contributed by atoms with Crippen molar-refractivity contribution in [3.63, 3.8) is 0 Å². The molecule has 0 heterocycles. The predicted molar refractivity (Wildman–Crippen MR) is 127 cm³/mol. The number of aryl methyl sites for hydroxylation is 2. The highest BCUT2D eigenvalue weighted by Crippen LogP contribution is 2.33. The molecule has 2 heteroatoms. The smallest absolute Gasteiger partial charge is 0.138 e. The van der Waals surface area contributed by atoms with Crippen molar-refractivity contribution >= 4 is 12.0 Å². The van der Waals surface area contributed by atoms with Crippen LogP contribution in [0.25, 0.3) is 0 Å². The Hall–Kier alpha value is -2.22. The molecule has 2 atom stereocenters. The Morgan fingerprint density at radius 2 is 1.30 bits per heavy atom. The van der Waals surface area contributed by atoms with E-state index in [2.05, 4.69) is 62.4 Å². The third-order valence-electron chi connectivity index (χ3n) is 6.36. The maximum absolute atomic E-state index is 13.3. The number of carbonyl (C=O) groups is 1. The van der Waals surface area contributed by atoms with Gasteiger partial charge < -0.3 is 0 Å². The largest absolute Gasteiger partial charge is 0.299 e. The van der Waals surface area contributed by atoms with Crippen LogP contribution in [0.2, 0.25) is 0 Å². The minimum absolute atomic E-state index is 0.0196. The van der Waals surface area contributed by atoms with Crippen LogP contribution in [0.5, 0.6) is 0 Å². The van der Waals surface area contributed by atoms with E-state index in [-0.39, 0.29) is 12.0 Å². The molecule has 2 aromatic rings. The van der Waals surface area contributed by atoms with Gasteiger partial charge in [-0.3, -0.25) is 9.79 Å². The second-order valence-electron chi connectivity index (χ2n) is 8.98. The van der Waals surface area contributed by atoms with Gasteiger partial charge in [-0.1, -0.05) is 105 Å². The summed E-state index contributed by atoms with van der Waals surface area (Å²) in [4.78, 5) is 18.3. The Kier molecular flexibility index (Phi) is 8.86. The molecular formula is C28H37NO. The van der Waals surface area contributed by atoms with Crippen molar-refractivity contribution < 1.29 is 4.79 Å². The zero-order valence-electron chi connectivity index (χ0n) is 18.8. The summed E-state index contributed by atoms with van der Waals surface area (Å²) in [6.07, 6.45) is 13.4. The molecular weight excluding hydrogens is 366 g/mol. The van der Waals surface area contributed by atoms with Crippen LogP contribution in [0, 0.1) is 19.8 Å². The molecule has 0 spiro atoms. The first-order valence-electron chi connectivity index (χ1n) is 11.8. The van der Waals surface area contributed by atoms with E-state index in [9.17, 15) is 4.79 Å². The van der Waals surface area contributed by atoms with Gasteiger partial charge in [-0.2, -0.15) is 0 Å². The Balaban J connectivity index is 1.87. The van der Waals surface area contributed by atoms with Crippen molar-refractivity contribution in [3.8, 4) is 0 Å². The van der Waals surface area contributed by atoms with Crippen molar-refractivity contribution in [2.45, 2.75) is 84.1 Å². The maximum Gasteiger partial charge on any atom is 0.138 e. The molecule has 0 radical (unpaired) electrons. The first-order valence-corrected chi connectivity index (χ1v) is 11.8. The third-order valence-corrected chi connectivity index (χ3v) is 6.36. The number of rotatable bonds is 4. The molecule has 0 aromatic heterocycles. The highest BCUT2D eigenvalue weighted by molar-refractivity contribution is 5.83. The molecule has 1 aliphatic rings. The van der Waals surface area contributed by atoms with Crippen LogP contribution >= 0.6 is 0 Å². The summed E-state index contributed by atoms with van der Waals surface area (Å²) in [5.41, 5.74) is 4.74. The lowest BCUT2D eigenvalue weighted by atomic mass is 9.83. The average Bonchev–Trinajstić information content (AvgIpc) is 2.74. The molecule has 1 aliphatic carbocycles. The van der Waals surface area contributed by atoms with Gasteiger partial charge in [-0.05, 0) is 37.8 Å². The van der Waals surface area contributed by atoms with Crippen LogP contribution in [0.4, 0.5) is 0 Å². The van der Waals surface area contributed by atoms with E-state index in [4.69, 9.17) is 4.99 Å². The average molecular weight is 404 g/mol. The normalized spacial score (nSPS) is 20.5. The fourth-order valence-corrected chi connectivity index (χ4v) is 4.41. The SMILES string of the molecule is Cc1ccc(C=NC(c2ccc(C)cc2)C2CCCCCCCCCCC2=O)cc1. The predicted octanol–water partition coefficient (Wildman–Crippen LogP) is 7.56. The van der Waals surface area contributed by atoms with Gasteiger partial charge in [-0.15, -0.1) is 0 Å². The van der Waals surface area contributed by atoms with Gasteiger partial charge in [0, 0.05) is 18.6 Å². The molecule has 3 rings (SSSR count). The van der Waals surface area contributed by atoms with Crippen molar-refractivity contribution in [2.24, 2.45) is 10.9 Å². The molecule has 0 aliphatic heterocycles. The summed E-state index contributed by atoms with van der Waals surface area (Å²) >= 11 is 0. The van der Waals surface area contributed by atoms with Crippen LogP contribution in [0.1, 0.15) is 92.5 Å². The lowest BCUT2D eigenvalue weighted by molar-refractivity contribution is -0.124. The molecule has 30 heavy (non-hydrogen) atoms. The van der Waals surface area contributed by atoms with Crippen LogP contribution in [-0.4, -0.2) is 12.0 Å². The number of carbonyl (C=O) groups excluding carboxylic acids is 1. The highest BCUT2D eigenvalue weighted by Gasteiger charge is 2.28. The fraction of sp³-hybridized carbons (Fsp3) is 0.500. The summed E-state index contributed by atoms with van der Waals surface area (Å²) in [5.74, 6) is 0.385. The summed E-state index contributed by atoms with van der Waals surface area (Å²) < 4.78 is 0. The van der Waals surface area contributed by atoms with Crippen molar-refractivity contribution in [1.82, 2.24) is 0 Å². The number of nitrogens with zero attached hydrogens (tertiary/aromatic N) is 1. The molecule has 1 fully saturated rings. The molecule has 0 saturated heterocycles. The summed E-state index contributed by atoms with van der Waals surface area (Å²) in [6, 6.07) is 17.0. The van der Waals surface area contributed by atoms with Gasteiger partial charge in [0.15, 0.2) is 0 Å². The highest BCUT2D eigenvalue weighted by atomic mass is 16.1. The first-order chi connectivity index (χ1) is 14.6. The molecule has 1 saturated carbocycles. The van der Waals surface area contributed by atoms with Crippen LogP contribution < -0.4 is 0 Å². The molecule has 0 bridgehead atoms. The Morgan fingerprint density at radius 1 is 0.767 bits per heavy atom. The second kappa shape index (κ2) is 11.8. The van der Waals surface area contributed by atoms with Gasteiger partial charge in [-0.25, -0.2) is 0 Å². The molecule has 2 aromatic carbocycles. The minimum atomic E-state index is -0.0951. The number of ketones is 1. The van der Waals surface area contributed by atoms with E-state index in [1.54, 1.807) is 0 Å². The molecule has 0 N–H and O–H groups in total. The van der Waals surface area contributed by atoms with Crippen molar-refractivity contribution in [2.75, 3.05) is 0 Å². The quantitative estimate of drug-likeness (QED) is 0.484. The molecule has 2 unspecified atom stereocenters. The van der Waals surface area contributed by atoms with Gasteiger partial charge >= 0.3 is 0 Å². The van der Waals surface area contributed by atoms with E-state index in [1.807, 2.05) is 6.21 Å². The lowest BCUT2D eigenvalue weighted by Gasteiger charge is -2.24. The number of aliphatic imine (C=N–C) groups is 1. The minimum Gasteiger partial charge on any atom is -0.299 e. The summed E-state index contributed by atoms with van der Waals surface area (Å²) in [6.45, 7) is 4.20. The monoisotopic (exact) mass is 403 g/mol. The van der Waals surface area contributed by atoms with Crippen molar-refractivity contribution in [3.05, 3.63) is 70.8 Å². The summed E-state index contributed by atoms with van der Waals surface area (Å²) in [7, 11) is 0. The number of Topliss-reactive ketones (excluding diaryl/α,β-unsaturated/α-hetero) is 1. The molecule has 160 valence electrons. The topological polar surface area (TPSA) is 29.4 Å². The molecule has 2 nitrogen and oxygen atoms in total. The van der Waals surface area contributed by atoms with E-state index < -0.39 is 0 Å². The van der Waals surface area contributed by atoms with E-state index in [1.165, 1.54) is 49.7 Å². The number of hydrogen-bond donors (Lipinski definition) is 0. The summed E-state index contributed by atoms with van der Waals surface area (Å²) in [5, 5.41) is 0. The van der Waals surface area contributed by atoms with Crippen LogP contribution in [0.15, 0.2) is 53.5 Å². The standard InChI is InChI=1S/C28H37NO/c1-22-13-17-24(18-14-22)21-29-28(25-19-15-23(2)16-20-25)26-11-9-7-5-3-4-6-8-10-12-27(26)30/h13-21,26,28H,3-12H2,1-2H3. The Morgan fingerprint density at radius 3 is 1.93 bits per heavy atom. The van der Waals surface area contributed by atoms with Crippen LogP contribution in [-0.2, 0) is 4.79 Å². The maximum atomic E-state index is 13.3. The lowest BCUT2D eigenvalue weighted by Crippen LogP contribution is -2.22. The van der Waals surface area contributed by atoms with Gasteiger partial charge in [0.1, 0.15) is 5.78 Å². The van der Waals surface area contributed by atoms with Gasteiger partial charge in [0.25, 0.3) is 0 Å². The Bertz CT molecular complexity index is 804. The molecule has 0 amide bonds. The second-order valence-corrected chi connectivity index (χ2v) is 8.98. The number of hydrogen-bond acceptors (Lipinski definition) is 2.